The highest BCUT2D eigenvalue weighted by Crippen LogP contribution is 2.44. The van der Waals surface area contributed by atoms with Crippen LogP contribution in [0.2, 0.25) is 0 Å². The summed E-state index contributed by atoms with van der Waals surface area (Å²) in [4.78, 5) is 23.8. The van der Waals surface area contributed by atoms with Gasteiger partial charge in [-0.15, -0.1) is 0 Å². The summed E-state index contributed by atoms with van der Waals surface area (Å²) >= 11 is 0. The Labute approximate surface area is 82.9 Å². The molecular weight excluding hydrogens is 182 g/mol. The molecule has 14 heavy (non-hydrogen) atoms. The number of carbonyl (C=O) groups excluding carboxylic acids is 1. The van der Waals surface area contributed by atoms with Crippen molar-refractivity contribution in [3.8, 4) is 0 Å². The average Bonchev–Trinajstić information content (AvgIpc) is 2.83. The van der Waals surface area contributed by atoms with Gasteiger partial charge in [-0.05, 0) is 31.1 Å². The molecule has 1 heterocycles. The minimum Gasteiger partial charge on any atom is -0.480 e. The number of nitrogens with zero attached hydrogens (tertiary/aromatic N) is 1. The summed E-state index contributed by atoms with van der Waals surface area (Å²) < 4.78 is 0. The van der Waals surface area contributed by atoms with Crippen LogP contribution in [0.3, 0.4) is 0 Å². The van der Waals surface area contributed by atoms with Crippen LogP contribution in [-0.2, 0) is 9.59 Å². The summed E-state index contributed by atoms with van der Waals surface area (Å²) in [6.07, 6.45) is 3.14. The molecule has 1 aliphatic heterocycles. The zero-order chi connectivity index (χ0) is 10.3. The number of carboxylic acids is 1. The Bertz CT molecular complexity index is 273. The molecule has 4 nitrogen and oxygen atoms in total. The van der Waals surface area contributed by atoms with E-state index in [0.717, 1.165) is 19.3 Å². The summed E-state index contributed by atoms with van der Waals surface area (Å²) in [7, 11) is 0. The summed E-state index contributed by atoms with van der Waals surface area (Å²) in [5, 5.41) is 9.09. The van der Waals surface area contributed by atoms with Crippen molar-refractivity contribution in [2.24, 2.45) is 11.8 Å². The van der Waals surface area contributed by atoms with Gasteiger partial charge in [0.2, 0.25) is 5.91 Å². The van der Waals surface area contributed by atoms with Gasteiger partial charge in [-0.3, -0.25) is 4.79 Å². The largest absolute Gasteiger partial charge is 0.480 e. The van der Waals surface area contributed by atoms with Crippen LogP contribution in [0.15, 0.2) is 0 Å². The lowest BCUT2D eigenvalue weighted by atomic mass is 9.95. The van der Waals surface area contributed by atoms with Gasteiger partial charge in [0.1, 0.15) is 6.04 Å². The molecule has 0 spiro atoms. The van der Waals surface area contributed by atoms with Gasteiger partial charge < -0.3 is 10.0 Å². The Balaban J connectivity index is 2.14. The lowest BCUT2D eigenvalue weighted by Crippen LogP contribution is -2.42. The predicted octanol–water partition coefficient (Wildman–Crippen LogP) is 0.718. The average molecular weight is 197 g/mol. The molecule has 2 aliphatic rings. The van der Waals surface area contributed by atoms with E-state index in [2.05, 4.69) is 0 Å². The molecule has 0 aromatic heterocycles. The standard InChI is InChI=1S/C10H15NO3/c1-6(12)11-5-4-8(7-2-3-7)9(11)10(13)14/h7-9H,2-5H2,1H3,(H,13,14). The second kappa shape index (κ2) is 3.26. The first kappa shape index (κ1) is 9.49. The quantitative estimate of drug-likeness (QED) is 0.709. The van der Waals surface area contributed by atoms with Gasteiger partial charge in [0.25, 0.3) is 0 Å². The van der Waals surface area contributed by atoms with Crippen LogP contribution in [0, 0.1) is 11.8 Å². The molecule has 0 aromatic rings. The van der Waals surface area contributed by atoms with E-state index in [1.54, 1.807) is 0 Å². The van der Waals surface area contributed by atoms with E-state index in [-0.39, 0.29) is 11.8 Å². The number of aliphatic carboxylic acids is 1. The lowest BCUT2D eigenvalue weighted by molar-refractivity contribution is -0.149. The van der Waals surface area contributed by atoms with E-state index >= 15 is 0 Å². The van der Waals surface area contributed by atoms with Gasteiger partial charge in [-0.25, -0.2) is 4.79 Å². The number of hydrogen-bond acceptors (Lipinski definition) is 2. The molecule has 2 atom stereocenters. The summed E-state index contributed by atoms with van der Waals surface area (Å²) in [5.41, 5.74) is 0. The highest BCUT2D eigenvalue weighted by molar-refractivity contribution is 5.83. The highest BCUT2D eigenvalue weighted by atomic mass is 16.4. The van der Waals surface area contributed by atoms with E-state index < -0.39 is 12.0 Å². The molecule has 2 unspecified atom stereocenters. The van der Waals surface area contributed by atoms with Gasteiger partial charge in [-0.2, -0.15) is 0 Å². The molecule has 2 fully saturated rings. The van der Waals surface area contributed by atoms with Crippen molar-refractivity contribution in [3.05, 3.63) is 0 Å². The van der Waals surface area contributed by atoms with E-state index in [0.29, 0.717) is 12.5 Å². The van der Waals surface area contributed by atoms with E-state index in [1.165, 1.54) is 11.8 Å². The number of hydrogen-bond donors (Lipinski definition) is 1. The molecule has 1 N–H and O–H groups in total. The molecule has 0 aromatic carbocycles. The summed E-state index contributed by atoms with van der Waals surface area (Å²) in [6.45, 7) is 2.07. The molecule has 1 aliphatic carbocycles. The molecule has 78 valence electrons. The molecule has 4 heteroatoms. The SMILES string of the molecule is CC(=O)N1CCC(C2CC2)C1C(=O)O. The monoisotopic (exact) mass is 197 g/mol. The van der Waals surface area contributed by atoms with Crippen LogP contribution < -0.4 is 0 Å². The zero-order valence-electron chi connectivity index (χ0n) is 8.27. The Morgan fingerprint density at radius 1 is 1.29 bits per heavy atom. The van der Waals surface area contributed by atoms with Crippen molar-refractivity contribution in [1.29, 1.82) is 0 Å². The molecule has 1 saturated carbocycles. The number of amides is 1. The van der Waals surface area contributed by atoms with Crippen LogP contribution >= 0.6 is 0 Å². The predicted molar refractivity (Wildman–Crippen MR) is 49.6 cm³/mol. The Morgan fingerprint density at radius 3 is 2.36 bits per heavy atom. The first-order valence-corrected chi connectivity index (χ1v) is 5.11. The fraction of sp³-hybridized carbons (Fsp3) is 0.800. The molecule has 0 bridgehead atoms. The van der Waals surface area contributed by atoms with Crippen molar-refractivity contribution >= 4 is 11.9 Å². The molecular formula is C10H15NO3. The van der Waals surface area contributed by atoms with Crippen molar-refractivity contribution in [1.82, 2.24) is 4.90 Å². The maximum Gasteiger partial charge on any atom is 0.326 e. The zero-order valence-corrected chi connectivity index (χ0v) is 8.27. The molecule has 0 radical (unpaired) electrons. The number of rotatable bonds is 2. The van der Waals surface area contributed by atoms with E-state index in [4.69, 9.17) is 5.11 Å². The van der Waals surface area contributed by atoms with Crippen LogP contribution in [0.25, 0.3) is 0 Å². The summed E-state index contributed by atoms with van der Waals surface area (Å²) in [5.74, 6) is -0.188. The molecule has 1 saturated heterocycles. The van der Waals surface area contributed by atoms with Crippen molar-refractivity contribution in [2.75, 3.05) is 6.54 Å². The number of carboxylic acid groups (broad SMARTS) is 1. The second-order valence-corrected chi connectivity index (χ2v) is 4.29. The highest BCUT2D eigenvalue weighted by Gasteiger charge is 2.47. The Kier molecular flexibility index (Phi) is 2.21. The number of carbonyl (C=O) groups is 2. The summed E-state index contributed by atoms with van der Waals surface area (Å²) in [6, 6.07) is -0.556. The Morgan fingerprint density at radius 2 is 1.93 bits per heavy atom. The van der Waals surface area contributed by atoms with Crippen molar-refractivity contribution in [2.45, 2.75) is 32.2 Å². The fourth-order valence-corrected chi connectivity index (χ4v) is 2.50. The molecule has 1 amide bonds. The smallest absolute Gasteiger partial charge is 0.326 e. The first-order valence-electron chi connectivity index (χ1n) is 5.11. The van der Waals surface area contributed by atoms with E-state index in [1.807, 2.05) is 0 Å². The third-order valence-corrected chi connectivity index (χ3v) is 3.33. The third kappa shape index (κ3) is 1.49. The van der Waals surface area contributed by atoms with Gasteiger partial charge >= 0.3 is 5.97 Å². The van der Waals surface area contributed by atoms with Gasteiger partial charge in [0, 0.05) is 13.5 Å². The van der Waals surface area contributed by atoms with Gasteiger partial charge in [0.15, 0.2) is 0 Å². The fourth-order valence-electron chi connectivity index (χ4n) is 2.50. The van der Waals surface area contributed by atoms with Gasteiger partial charge in [0.05, 0.1) is 0 Å². The van der Waals surface area contributed by atoms with E-state index in [9.17, 15) is 9.59 Å². The molecule has 2 rings (SSSR count). The Hall–Kier alpha value is -1.06. The van der Waals surface area contributed by atoms with Crippen LogP contribution in [-0.4, -0.2) is 34.5 Å². The van der Waals surface area contributed by atoms with Crippen molar-refractivity contribution < 1.29 is 14.7 Å². The first-order chi connectivity index (χ1) is 6.61. The topological polar surface area (TPSA) is 57.6 Å². The second-order valence-electron chi connectivity index (χ2n) is 4.29. The van der Waals surface area contributed by atoms with Crippen LogP contribution in [0.1, 0.15) is 26.2 Å². The minimum atomic E-state index is -0.838. The number of likely N-dealkylation sites (tertiary alicyclic amines) is 1. The third-order valence-electron chi connectivity index (χ3n) is 3.33. The van der Waals surface area contributed by atoms with Crippen LogP contribution in [0.5, 0.6) is 0 Å². The van der Waals surface area contributed by atoms with Crippen molar-refractivity contribution in [3.63, 3.8) is 0 Å². The van der Waals surface area contributed by atoms with Crippen LogP contribution in [0.4, 0.5) is 0 Å². The minimum absolute atomic E-state index is 0.111. The maximum atomic E-state index is 11.2. The normalized spacial score (nSPS) is 31.9. The lowest BCUT2D eigenvalue weighted by Gasteiger charge is -2.23. The maximum absolute atomic E-state index is 11.2. The van der Waals surface area contributed by atoms with Gasteiger partial charge in [-0.1, -0.05) is 0 Å².